The standard InChI is InChI=1S/C10H10N2O6/c1-18-6-3-2-5(4-11-6)8(13)12-7(9(14)15)10(16)17/h2-4,7H,1H3,(H,12,13)(H,14,15)(H,16,17). The van der Waals surface area contributed by atoms with Crippen LogP contribution in [0.5, 0.6) is 5.88 Å². The summed E-state index contributed by atoms with van der Waals surface area (Å²) in [4.78, 5) is 36.4. The van der Waals surface area contributed by atoms with E-state index in [1.807, 2.05) is 5.32 Å². The van der Waals surface area contributed by atoms with Crippen LogP contribution < -0.4 is 10.1 Å². The van der Waals surface area contributed by atoms with Gasteiger partial charge in [-0.05, 0) is 6.07 Å². The monoisotopic (exact) mass is 254 g/mol. The molecule has 0 spiro atoms. The molecular formula is C10H10N2O6. The van der Waals surface area contributed by atoms with Gasteiger partial charge in [-0.1, -0.05) is 0 Å². The molecule has 1 rings (SSSR count). The summed E-state index contributed by atoms with van der Waals surface area (Å²) in [5.74, 6) is -3.88. The predicted molar refractivity (Wildman–Crippen MR) is 57.3 cm³/mol. The second-order valence-corrected chi connectivity index (χ2v) is 3.17. The number of rotatable bonds is 5. The third kappa shape index (κ3) is 3.17. The molecule has 8 heteroatoms. The number of aliphatic carboxylic acids is 2. The first-order valence-corrected chi connectivity index (χ1v) is 4.72. The number of hydrogen-bond donors (Lipinski definition) is 3. The molecule has 8 nitrogen and oxygen atoms in total. The molecule has 18 heavy (non-hydrogen) atoms. The van der Waals surface area contributed by atoms with Gasteiger partial charge in [-0.3, -0.25) is 4.79 Å². The molecule has 96 valence electrons. The van der Waals surface area contributed by atoms with Crippen molar-refractivity contribution in [1.82, 2.24) is 10.3 Å². The molecule has 0 bridgehead atoms. The SMILES string of the molecule is COc1ccc(C(=O)NC(C(=O)O)C(=O)O)cn1. The summed E-state index contributed by atoms with van der Waals surface area (Å²) < 4.78 is 4.78. The average Bonchev–Trinajstić information content (AvgIpc) is 2.35. The maximum atomic E-state index is 11.5. The summed E-state index contributed by atoms with van der Waals surface area (Å²) in [6, 6.07) is 0.729. The molecule has 0 saturated heterocycles. The Morgan fingerprint density at radius 3 is 2.28 bits per heavy atom. The molecule has 0 saturated carbocycles. The lowest BCUT2D eigenvalue weighted by Gasteiger charge is -2.09. The Bertz CT molecular complexity index is 456. The molecule has 0 unspecified atom stereocenters. The summed E-state index contributed by atoms with van der Waals surface area (Å²) in [5.41, 5.74) is 0.0308. The minimum absolute atomic E-state index is 0.0308. The van der Waals surface area contributed by atoms with E-state index in [4.69, 9.17) is 14.9 Å². The topological polar surface area (TPSA) is 126 Å². The molecular weight excluding hydrogens is 244 g/mol. The van der Waals surface area contributed by atoms with E-state index in [1.165, 1.54) is 19.2 Å². The number of carbonyl (C=O) groups is 3. The van der Waals surface area contributed by atoms with Crippen molar-refractivity contribution in [3.63, 3.8) is 0 Å². The molecule has 1 aromatic rings. The van der Waals surface area contributed by atoms with E-state index >= 15 is 0 Å². The van der Waals surface area contributed by atoms with Crippen LogP contribution in [0.15, 0.2) is 18.3 Å². The van der Waals surface area contributed by atoms with Crippen LogP contribution in [0.25, 0.3) is 0 Å². The first-order valence-electron chi connectivity index (χ1n) is 4.72. The second kappa shape index (κ2) is 5.62. The summed E-state index contributed by atoms with van der Waals surface area (Å²) >= 11 is 0. The van der Waals surface area contributed by atoms with Crippen LogP contribution in [-0.2, 0) is 9.59 Å². The molecule has 1 amide bonds. The molecule has 0 fully saturated rings. The average molecular weight is 254 g/mol. The number of ether oxygens (including phenoxy) is 1. The van der Waals surface area contributed by atoms with Crippen LogP contribution in [0.4, 0.5) is 0 Å². The van der Waals surface area contributed by atoms with Gasteiger partial charge in [0.2, 0.25) is 11.9 Å². The van der Waals surface area contributed by atoms with Gasteiger partial charge in [0.25, 0.3) is 5.91 Å². The maximum Gasteiger partial charge on any atom is 0.338 e. The quantitative estimate of drug-likeness (QED) is 0.596. The maximum absolute atomic E-state index is 11.5. The summed E-state index contributed by atoms with van der Waals surface area (Å²) in [6.07, 6.45) is 1.15. The van der Waals surface area contributed by atoms with Crippen molar-refractivity contribution in [3.8, 4) is 5.88 Å². The highest BCUT2D eigenvalue weighted by molar-refractivity contribution is 6.04. The Labute approximate surface area is 101 Å². The third-order valence-corrected chi connectivity index (χ3v) is 1.98. The number of amides is 1. The Hall–Kier alpha value is -2.64. The van der Waals surface area contributed by atoms with E-state index in [9.17, 15) is 14.4 Å². The van der Waals surface area contributed by atoms with Crippen molar-refractivity contribution in [2.24, 2.45) is 0 Å². The van der Waals surface area contributed by atoms with E-state index in [2.05, 4.69) is 4.98 Å². The van der Waals surface area contributed by atoms with Crippen molar-refractivity contribution < 1.29 is 29.3 Å². The molecule has 3 N–H and O–H groups in total. The van der Waals surface area contributed by atoms with Crippen molar-refractivity contribution >= 4 is 17.8 Å². The van der Waals surface area contributed by atoms with Gasteiger partial charge >= 0.3 is 11.9 Å². The lowest BCUT2D eigenvalue weighted by atomic mass is 10.2. The van der Waals surface area contributed by atoms with Gasteiger partial charge in [-0.2, -0.15) is 0 Å². The van der Waals surface area contributed by atoms with E-state index in [0.29, 0.717) is 0 Å². The molecule has 0 aliphatic heterocycles. The number of aromatic nitrogens is 1. The van der Waals surface area contributed by atoms with Gasteiger partial charge in [-0.15, -0.1) is 0 Å². The Kier molecular flexibility index (Phi) is 4.19. The van der Waals surface area contributed by atoms with Crippen LogP contribution in [0.1, 0.15) is 10.4 Å². The fourth-order valence-electron chi connectivity index (χ4n) is 1.08. The van der Waals surface area contributed by atoms with Crippen LogP contribution in [-0.4, -0.2) is 46.2 Å². The smallest absolute Gasteiger partial charge is 0.338 e. The fourth-order valence-corrected chi connectivity index (χ4v) is 1.08. The predicted octanol–water partition coefficient (Wildman–Crippen LogP) is -0.642. The zero-order chi connectivity index (χ0) is 13.7. The van der Waals surface area contributed by atoms with E-state index in [1.54, 1.807) is 0 Å². The fraction of sp³-hybridized carbons (Fsp3) is 0.200. The molecule has 0 radical (unpaired) electrons. The van der Waals surface area contributed by atoms with Crippen LogP contribution in [0.2, 0.25) is 0 Å². The highest BCUT2D eigenvalue weighted by atomic mass is 16.5. The summed E-state index contributed by atoms with van der Waals surface area (Å²) in [7, 11) is 1.40. The number of nitrogens with one attached hydrogen (secondary N) is 1. The van der Waals surface area contributed by atoms with E-state index in [0.717, 1.165) is 6.20 Å². The van der Waals surface area contributed by atoms with Gasteiger partial charge in [0.05, 0.1) is 12.7 Å². The number of carboxylic acid groups (broad SMARTS) is 2. The van der Waals surface area contributed by atoms with Crippen molar-refractivity contribution in [2.75, 3.05) is 7.11 Å². The van der Waals surface area contributed by atoms with Gasteiger partial charge in [0, 0.05) is 12.3 Å². The number of carbonyl (C=O) groups excluding carboxylic acids is 1. The van der Waals surface area contributed by atoms with Crippen LogP contribution >= 0.6 is 0 Å². The minimum Gasteiger partial charge on any atom is -0.481 e. The molecule has 0 atom stereocenters. The number of methoxy groups -OCH3 is 1. The third-order valence-electron chi connectivity index (χ3n) is 1.98. The Morgan fingerprint density at radius 2 is 1.89 bits per heavy atom. The van der Waals surface area contributed by atoms with Crippen molar-refractivity contribution in [1.29, 1.82) is 0 Å². The Balaban J connectivity index is 2.80. The number of carboxylic acids is 2. The number of pyridine rings is 1. The van der Waals surface area contributed by atoms with Gasteiger partial charge in [-0.25, -0.2) is 14.6 Å². The molecule has 0 aliphatic carbocycles. The van der Waals surface area contributed by atoms with Crippen molar-refractivity contribution in [3.05, 3.63) is 23.9 Å². The largest absolute Gasteiger partial charge is 0.481 e. The Morgan fingerprint density at radius 1 is 1.28 bits per heavy atom. The zero-order valence-electron chi connectivity index (χ0n) is 9.28. The van der Waals surface area contributed by atoms with E-state index < -0.39 is 23.9 Å². The van der Waals surface area contributed by atoms with Crippen molar-refractivity contribution in [2.45, 2.75) is 6.04 Å². The highest BCUT2D eigenvalue weighted by Gasteiger charge is 2.27. The summed E-state index contributed by atoms with van der Waals surface area (Å²) in [6.45, 7) is 0. The van der Waals surface area contributed by atoms with Gasteiger partial charge in [0.1, 0.15) is 0 Å². The zero-order valence-corrected chi connectivity index (χ0v) is 9.28. The molecule has 0 aliphatic rings. The minimum atomic E-state index is -2.00. The highest BCUT2D eigenvalue weighted by Crippen LogP contribution is 2.06. The van der Waals surface area contributed by atoms with E-state index in [-0.39, 0.29) is 11.4 Å². The first-order chi connectivity index (χ1) is 8.45. The molecule has 1 heterocycles. The van der Waals surface area contributed by atoms with Gasteiger partial charge in [0.15, 0.2) is 0 Å². The molecule has 1 aromatic heterocycles. The lowest BCUT2D eigenvalue weighted by Crippen LogP contribution is -2.46. The normalized spacial score (nSPS) is 9.89. The number of nitrogens with zero attached hydrogens (tertiary/aromatic N) is 1. The van der Waals surface area contributed by atoms with Gasteiger partial charge < -0.3 is 20.3 Å². The number of hydrogen-bond acceptors (Lipinski definition) is 5. The van der Waals surface area contributed by atoms with Crippen LogP contribution in [0.3, 0.4) is 0 Å². The first kappa shape index (κ1) is 13.4. The van der Waals surface area contributed by atoms with Crippen LogP contribution in [0, 0.1) is 0 Å². The second-order valence-electron chi connectivity index (χ2n) is 3.17. The molecule has 0 aromatic carbocycles. The summed E-state index contributed by atoms with van der Waals surface area (Å²) in [5, 5.41) is 19.0. The lowest BCUT2D eigenvalue weighted by molar-refractivity contribution is -0.150.